The Morgan fingerprint density at radius 3 is 2.38 bits per heavy atom. The van der Waals surface area contributed by atoms with Crippen LogP contribution in [0, 0.1) is 13.8 Å². The molecule has 0 unspecified atom stereocenters. The summed E-state index contributed by atoms with van der Waals surface area (Å²) < 4.78 is 0. The number of nitrogens with two attached hydrogens (primary N) is 1. The maximum Gasteiger partial charge on any atom is 0.159 e. The smallest absolute Gasteiger partial charge is 0.159 e. The number of hydrogen-bond donors (Lipinski definition) is 1. The number of nitrogens with zero attached hydrogens (tertiary/aromatic N) is 1. The fourth-order valence-corrected chi connectivity index (χ4v) is 2.88. The Bertz CT molecular complexity index is 664. The molecular formula is C16H16Cl2N2S. The van der Waals surface area contributed by atoms with Gasteiger partial charge in [-0.1, -0.05) is 59.2 Å². The summed E-state index contributed by atoms with van der Waals surface area (Å²) in [5.74, 6) is 0.706. The molecule has 21 heavy (non-hydrogen) atoms. The van der Waals surface area contributed by atoms with Crippen molar-refractivity contribution < 1.29 is 0 Å². The standard InChI is InChI=1S/C16H16Cl2N2S/c1-10-4-3-5-11(2)15(10)20-16(19)21-9-12-6-7-13(17)14(18)8-12/h3-8H,9H2,1-2H3,(H2,19,20). The molecule has 2 aromatic carbocycles. The summed E-state index contributed by atoms with van der Waals surface area (Å²) in [6.45, 7) is 4.06. The third-order valence-electron chi connectivity index (χ3n) is 3.03. The Labute approximate surface area is 139 Å². The molecule has 2 nitrogen and oxygen atoms in total. The van der Waals surface area contributed by atoms with Gasteiger partial charge in [-0.25, -0.2) is 4.99 Å². The van der Waals surface area contributed by atoms with Gasteiger partial charge in [-0.3, -0.25) is 0 Å². The van der Waals surface area contributed by atoms with Gasteiger partial charge in [0.1, 0.15) is 0 Å². The largest absolute Gasteiger partial charge is 0.378 e. The molecule has 0 radical (unpaired) electrons. The van der Waals surface area contributed by atoms with Crippen molar-refractivity contribution in [2.24, 2.45) is 10.7 Å². The minimum absolute atomic E-state index is 0.540. The highest BCUT2D eigenvalue weighted by molar-refractivity contribution is 8.13. The Hall–Kier alpha value is -1.16. The molecular weight excluding hydrogens is 323 g/mol. The maximum atomic E-state index is 6.01. The van der Waals surface area contributed by atoms with Crippen LogP contribution in [-0.4, -0.2) is 5.17 Å². The van der Waals surface area contributed by atoms with E-state index in [2.05, 4.69) is 4.99 Å². The number of benzene rings is 2. The molecule has 2 aromatic rings. The van der Waals surface area contributed by atoms with Crippen molar-refractivity contribution in [1.82, 2.24) is 0 Å². The molecule has 0 aliphatic rings. The van der Waals surface area contributed by atoms with E-state index in [4.69, 9.17) is 28.9 Å². The van der Waals surface area contributed by atoms with Crippen LogP contribution in [0.15, 0.2) is 41.4 Å². The normalized spacial score (nSPS) is 11.7. The quantitative estimate of drug-likeness (QED) is 0.593. The number of aryl methyl sites for hydroxylation is 2. The maximum absolute atomic E-state index is 6.01. The van der Waals surface area contributed by atoms with Crippen molar-refractivity contribution in [3.05, 3.63) is 63.1 Å². The molecule has 0 fully saturated rings. The number of rotatable bonds is 3. The van der Waals surface area contributed by atoms with Crippen LogP contribution in [0.5, 0.6) is 0 Å². The van der Waals surface area contributed by atoms with Crippen LogP contribution in [0.3, 0.4) is 0 Å². The molecule has 0 saturated carbocycles. The molecule has 0 aliphatic carbocycles. The monoisotopic (exact) mass is 338 g/mol. The van der Waals surface area contributed by atoms with Gasteiger partial charge in [0, 0.05) is 5.75 Å². The molecule has 0 bridgehead atoms. The molecule has 0 heterocycles. The Kier molecular flexibility index (Phi) is 5.57. The summed E-state index contributed by atoms with van der Waals surface area (Å²) in [5.41, 5.74) is 10.3. The van der Waals surface area contributed by atoms with Crippen molar-refractivity contribution in [1.29, 1.82) is 0 Å². The minimum atomic E-state index is 0.540. The third kappa shape index (κ3) is 4.40. The van der Waals surface area contributed by atoms with Crippen LogP contribution < -0.4 is 5.73 Å². The van der Waals surface area contributed by atoms with Gasteiger partial charge in [0.25, 0.3) is 0 Å². The van der Waals surface area contributed by atoms with Crippen molar-refractivity contribution in [3.8, 4) is 0 Å². The summed E-state index contributed by atoms with van der Waals surface area (Å²) >= 11 is 13.4. The molecule has 0 atom stereocenters. The lowest BCUT2D eigenvalue weighted by Gasteiger charge is -2.07. The first-order valence-corrected chi connectivity index (χ1v) is 8.18. The average Bonchev–Trinajstić information content (AvgIpc) is 2.44. The first-order chi connectivity index (χ1) is 9.97. The van der Waals surface area contributed by atoms with E-state index in [9.17, 15) is 0 Å². The number of hydrogen-bond acceptors (Lipinski definition) is 2. The van der Waals surface area contributed by atoms with Crippen molar-refractivity contribution >= 4 is 45.8 Å². The van der Waals surface area contributed by atoms with E-state index in [1.807, 2.05) is 44.2 Å². The molecule has 0 aromatic heterocycles. The third-order valence-corrected chi connectivity index (χ3v) is 4.64. The average molecular weight is 339 g/mol. The molecule has 0 spiro atoms. The van der Waals surface area contributed by atoms with Gasteiger partial charge in [0.15, 0.2) is 5.17 Å². The summed E-state index contributed by atoms with van der Waals surface area (Å²) in [6, 6.07) is 11.7. The zero-order valence-electron chi connectivity index (χ0n) is 11.9. The SMILES string of the molecule is Cc1cccc(C)c1N=C(N)SCc1ccc(Cl)c(Cl)c1. The Balaban J connectivity index is 2.09. The second-order valence-electron chi connectivity index (χ2n) is 4.73. The van der Waals surface area contributed by atoms with Gasteiger partial charge in [0.2, 0.25) is 0 Å². The van der Waals surface area contributed by atoms with Crippen LogP contribution in [0.25, 0.3) is 0 Å². The Morgan fingerprint density at radius 2 is 1.76 bits per heavy atom. The first-order valence-electron chi connectivity index (χ1n) is 6.44. The highest BCUT2D eigenvalue weighted by Crippen LogP contribution is 2.27. The molecule has 0 aliphatic heterocycles. The predicted molar refractivity (Wildman–Crippen MR) is 95.0 cm³/mol. The zero-order valence-corrected chi connectivity index (χ0v) is 14.2. The van der Waals surface area contributed by atoms with Crippen molar-refractivity contribution in [2.75, 3.05) is 0 Å². The fraction of sp³-hybridized carbons (Fsp3) is 0.188. The topological polar surface area (TPSA) is 38.4 Å². The summed E-state index contributed by atoms with van der Waals surface area (Å²) in [4.78, 5) is 4.51. The van der Waals surface area contributed by atoms with Gasteiger partial charge in [-0.05, 0) is 42.7 Å². The second-order valence-corrected chi connectivity index (χ2v) is 6.54. The molecule has 2 rings (SSSR count). The molecule has 5 heteroatoms. The van der Waals surface area contributed by atoms with Crippen LogP contribution in [0.1, 0.15) is 16.7 Å². The van der Waals surface area contributed by atoms with Gasteiger partial charge < -0.3 is 5.73 Å². The highest BCUT2D eigenvalue weighted by atomic mass is 35.5. The lowest BCUT2D eigenvalue weighted by molar-refractivity contribution is 1.32. The predicted octanol–water partition coefficient (Wildman–Crippen LogP) is 5.49. The fourth-order valence-electron chi connectivity index (χ4n) is 1.91. The summed E-state index contributed by atoms with van der Waals surface area (Å²) in [7, 11) is 0. The lowest BCUT2D eigenvalue weighted by atomic mass is 10.1. The summed E-state index contributed by atoms with van der Waals surface area (Å²) in [5, 5.41) is 1.65. The van der Waals surface area contributed by atoms with Crippen LogP contribution >= 0.6 is 35.0 Å². The lowest BCUT2D eigenvalue weighted by Crippen LogP contribution is -2.06. The molecule has 0 amide bonds. The number of thioether (sulfide) groups is 1. The minimum Gasteiger partial charge on any atom is -0.378 e. The summed E-state index contributed by atoms with van der Waals surface area (Å²) in [6.07, 6.45) is 0. The van der Waals surface area contributed by atoms with Crippen molar-refractivity contribution in [2.45, 2.75) is 19.6 Å². The van der Waals surface area contributed by atoms with E-state index >= 15 is 0 Å². The van der Waals surface area contributed by atoms with Crippen LogP contribution in [0.4, 0.5) is 5.69 Å². The molecule has 110 valence electrons. The number of para-hydroxylation sites is 1. The number of amidine groups is 1. The van der Waals surface area contributed by atoms with E-state index in [1.54, 1.807) is 6.07 Å². The molecule has 2 N–H and O–H groups in total. The van der Waals surface area contributed by atoms with E-state index in [-0.39, 0.29) is 0 Å². The second kappa shape index (κ2) is 7.21. The van der Waals surface area contributed by atoms with Crippen LogP contribution in [0.2, 0.25) is 10.0 Å². The molecule has 0 saturated heterocycles. The van der Waals surface area contributed by atoms with Crippen molar-refractivity contribution in [3.63, 3.8) is 0 Å². The Morgan fingerprint density at radius 1 is 1.10 bits per heavy atom. The highest BCUT2D eigenvalue weighted by Gasteiger charge is 2.04. The number of aliphatic imine (C=N–C) groups is 1. The van der Waals surface area contributed by atoms with Gasteiger partial charge in [-0.2, -0.15) is 0 Å². The van der Waals surface area contributed by atoms with Crippen LogP contribution in [-0.2, 0) is 5.75 Å². The van der Waals surface area contributed by atoms with E-state index < -0.39 is 0 Å². The first kappa shape index (κ1) is 16.2. The van der Waals surface area contributed by atoms with Gasteiger partial charge in [0.05, 0.1) is 15.7 Å². The zero-order chi connectivity index (χ0) is 15.4. The van der Waals surface area contributed by atoms with E-state index in [0.29, 0.717) is 21.0 Å². The van der Waals surface area contributed by atoms with E-state index in [0.717, 1.165) is 22.4 Å². The number of halogens is 2. The van der Waals surface area contributed by atoms with Gasteiger partial charge >= 0.3 is 0 Å². The van der Waals surface area contributed by atoms with Gasteiger partial charge in [-0.15, -0.1) is 0 Å². The van der Waals surface area contributed by atoms with E-state index in [1.165, 1.54) is 11.8 Å².